The summed E-state index contributed by atoms with van der Waals surface area (Å²) in [6, 6.07) is 15.3. The lowest BCUT2D eigenvalue weighted by Crippen LogP contribution is -2.33. The van der Waals surface area contributed by atoms with Crippen molar-refractivity contribution in [3.8, 4) is 5.69 Å². The van der Waals surface area contributed by atoms with Gasteiger partial charge in [0.1, 0.15) is 0 Å². The van der Waals surface area contributed by atoms with Gasteiger partial charge < -0.3 is 14.8 Å². The van der Waals surface area contributed by atoms with Crippen molar-refractivity contribution in [1.82, 2.24) is 19.8 Å². The normalized spacial score (nSPS) is 18.7. The predicted molar refractivity (Wildman–Crippen MR) is 132 cm³/mol. The van der Waals surface area contributed by atoms with E-state index in [1.807, 2.05) is 18.3 Å². The van der Waals surface area contributed by atoms with Crippen LogP contribution in [-0.2, 0) is 0 Å². The summed E-state index contributed by atoms with van der Waals surface area (Å²) >= 11 is 5.80. The lowest BCUT2D eigenvalue weighted by Gasteiger charge is -2.29. The Balaban J connectivity index is 1.85. The molecule has 1 aliphatic heterocycles. The fourth-order valence-electron chi connectivity index (χ4n) is 4.90. The lowest BCUT2D eigenvalue weighted by molar-refractivity contribution is 0.287. The molecule has 5 heteroatoms. The molecule has 1 N–H and O–H groups in total. The number of thiocarbonyl (C=S) groups is 1. The zero-order valence-electron chi connectivity index (χ0n) is 19.3. The quantitative estimate of drug-likeness (QED) is 0.522. The molecule has 1 fully saturated rings. The average molecular weight is 433 g/mol. The van der Waals surface area contributed by atoms with Crippen molar-refractivity contribution in [2.24, 2.45) is 5.92 Å². The first-order valence-corrected chi connectivity index (χ1v) is 11.4. The molecule has 2 atom stereocenters. The third-order valence-corrected chi connectivity index (χ3v) is 6.37. The fourth-order valence-corrected chi connectivity index (χ4v) is 5.21. The second kappa shape index (κ2) is 8.46. The smallest absolute Gasteiger partial charge is 0.170 e. The van der Waals surface area contributed by atoms with Crippen molar-refractivity contribution in [2.75, 3.05) is 6.54 Å². The van der Waals surface area contributed by atoms with E-state index < -0.39 is 0 Å². The molecule has 0 bridgehead atoms. The van der Waals surface area contributed by atoms with Crippen molar-refractivity contribution in [1.29, 1.82) is 0 Å². The molecule has 0 amide bonds. The summed E-state index contributed by atoms with van der Waals surface area (Å²) in [5, 5.41) is 4.38. The van der Waals surface area contributed by atoms with Gasteiger partial charge in [-0.05, 0) is 92.9 Å². The van der Waals surface area contributed by atoms with E-state index in [1.54, 1.807) is 0 Å². The fraction of sp³-hybridized carbons (Fsp3) is 0.385. The second-order valence-corrected chi connectivity index (χ2v) is 9.57. The number of rotatable bonds is 5. The van der Waals surface area contributed by atoms with Crippen LogP contribution in [0, 0.1) is 33.6 Å². The van der Waals surface area contributed by atoms with E-state index in [2.05, 4.69) is 91.6 Å². The molecule has 3 aromatic rings. The van der Waals surface area contributed by atoms with Gasteiger partial charge in [-0.3, -0.25) is 4.98 Å². The zero-order chi connectivity index (χ0) is 22.3. The Morgan fingerprint density at radius 3 is 2.35 bits per heavy atom. The van der Waals surface area contributed by atoms with Crippen LogP contribution in [0.4, 0.5) is 0 Å². The van der Waals surface area contributed by atoms with E-state index >= 15 is 0 Å². The van der Waals surface area contributed by atoms with Gasteiger partial charge in [-0.1, -0.05) is 26.0 Å². The molecule has 31 heavy (non-hydrogen) atoms. The molecule has 0 saturated carbocycles. The van der Waals surface area contributed by atoms with E-state index in [0.29, 0.717) is 5.92 Å². The topological polar surface area (TPSA) is 33.1 Å². The summed E-state index contributed by atoms with van der Waals surface area (Å²) in [6.07, 6.45) is 1.86. The third kappa shape index (κ3) is 4.11. The average Bonchev–Trinajstić information content (AvgIpc) is 3.17. The number of nitrogens with zero attached hydrogens (tertiary/aromatic N) is 3. The molecule has 0 aliphatic carbocycles. The number of benzene rings is 1. The maximum absolute atomic E-state index is 5.80. The van der Waals surface area contributed by atoms with Gasteiger partial charge in [-0.2, -0.15) is 0 Å². The van der Waals surface area contributed by atoms with Gasteiger partial charge in [-0.15, -0.1) is 0 Å². The summed E-state index contributed by atoms with van der Waals surface area (Å²) < 4.78 is 2.37. The molecule has 3 heterocycles. The largest absolute Gasteiger partial charge is 0.352 e. The van der Waals surface area contributed by atoms with Gasteiger partial charge in [0.2, 0.25) is 0 Å². The first kappa shape index (κ1) is 21.6. The number of nitrogens with one attached hydrogen (secondary N) is 1. The summed E-state index contributed by atoms with van der Waals surface area (Å²) in [6.45, 7) is 14.1. The maximum atomic E-state index is 5.80. The molecule has 4 nitrogen and oxygen atoms in total. The molecule has 1 saturated heterocycles. The molecule has 162 valence electrons. The molecule has 1 aromatic carbocycles. The number of pyridine rings is 1. The van der Waals surface area contributed by atoms with Crippen molar-refractivity contribution >= 4 is 17.3 Å². The Labute approximate surface area is 191 Å². The number of hydrogen-bond acceptors (Lipinski definition) is 2. The molecule has 4 rings (SSSR count). The molecule has 0 spiro atoms. The van der Waals surface area contributed by atoms with Crippen molar-refractivity contribution < 1.29 is 0 Å². The maximum Gasteiger partial charge on any atom is 0.170 e. The highest BCUT2D eigenvalue weighted by Gasteiger charge is 2.41. The van der Waals surface area contributed by atoms with Crippen LogP contribution in [0.2, 0.25) is 0 Å². The molecule has 2 aromatic heterocycles. The lowest BCUT2D eigenvalue weighted by atomic mass is 9.96. The van der Waals surface area contributed by atoms with Crippen LogP contribution in [0.5, 0.6) is 0 Å². The van der Waals surface area contributed by atoms with Gasteiger partial charge in [-0.25, -0.2) is 0 Å². The standard InChI is InChI=1S/C26H32N4S/c1-16(2)15-29-25(24(28-26(29)31)23-9-7-8-10-27-23)22-14-19(5)30(20(22)6)21-12-17(3)11-18(4)13-21/h7-14,16,24-25H,15H2,1-6H3,(H,28,31)/t24-,25-/m0/s1. The third-order valence-electron chi connectivity index (χ3n) is 6.01. The Bertz CT molecular complexity index is 1080. The highest BCUT2D eigenvalue weighted by Crippen LogP contribution is 2.41. The SMILES string of the molecule is Cc1cc(C)cc(-n2c(C)cc([C@H]3[C@H](c4ccccn4)NC(=S)N3CC(C)C)c2C)c1. The van der Waals surface area contributed by atoms with Gasteiger partial charge in [0, 0.05) is 29.8 Å². The zero-order valence-corrected chi connectivity index (χ0v) is 20.1. The van der Waals surface area contributed by atoms with E-state index in [0.717, 1.165) is 17.4 Å². The van der Waals surface area contributed by atoms with Crippen LogP contribution < -0.4 is 5.32 Å². The van der Waals surface area contributed by atoms with Crippen LogP contribution in [0.25, 0.3) is 5.69 Å². The Hall–Kier alpha value is -2.66. The summed E-state index contributed by atoms with van der Waals surface area (Å²) in [4.78, 5) is 7.02. The number of aromatic nitrogens is 2. The Kier molecular flexibility index (Phi) is 5.89. The van der Waals surface area contributed by atoms with Gasteiger partial charge in [0.25, 0.3) is 0 Å². The van der Waals surface area contributed by atoms with Crippen LogP contribution in [0.15, 0.2) is 48.7 Å². The highest BCUT2D eigenvalue weighted by molar-refractivity contribution is 7.80. The first-order chi connectivity index (χ1) is 14.8. The molecular formula is C26H32N4S. The van der Waals surface area contributed by atoms with Crippen LogP contribution in [0.3, 0.4) is 0 Å². The monoisotopic (exact) mass is 432 g/mol. The summed E-state index contributed by atoms with van der Waals surface area (Å²) in [5.41, 5.74) is 8.60. The van der Waals surface area contributed by atoms with Crippen LogP contribution >= 0.6 is 12.2 Å². The second-order valence-electron chi connectivity index (χ2n) is 9.18. The molecule has 1 aliphatic rings. The van der Waals surface area contributed by atoms with Gasteiger partial charge in [0.05, 0.1) is 17.8 Å². The van der Waals surface area contributed by atoms with Crippen LogP contribution in [-0.4, -0.2) is 26.1 Å². The molecule has 0 unspecified atom stereocenters. The number of hydrogen-bond donors (Lipinski definition) is 1. The van der Waals surface area contributed by atoms with E-state index in [9.17, 15) is 0 Å². The van der Waals surface area contributed by atoms with Crippen LogP contribution in [0.1, 0.15) is 59.7 Å². The minimum Gasteiger partial charge on any atom is -0.352 e. The minimum absolute atomic E-state index is 0.0284. The summed E-state index contributed by atoms with van der Waals surface area (Å²) in [5.74, 6) is 0.507. The first-order valence-electron chi connectivity index (χ1n) is 11.0. The molecular weight excluding hydrogens is 400 g/mol. The highest BCUT2D eigenvalue weighted by atomic mass is 32.1. The minimum atomic E-state index is 0.0284. The van der Waals surface area contributed by atoms with Gasteiger partial charge in [0.15, 0.2) is 5.11 Å². The van der Waals surface area contributed by atoms with Crippen molar-refractivity contribution in [2.45, 2.75) is 53.6 Å². The van der Waals surface area contributed by atoms with E-state index in [-0.39, 0.29) is 12.1 Å². The van der Waals surface area contributed by atoms with Crippen molar-refractivity contribution in [3.05, 3.63) is 82.4 Å². The Morgan fingerprint density at radius 2 is 1.74 bits per heavy atom. The van der Waals surface area contributed by atoms with Gasteiger partial charge >= 0.3 is 0 Å². The number of aryl methyl sites for hydroxylation is 3. The predicted octanol–water partition coefficient (Wildman–Crippen LogP) is 5.73. The Morgan fingerprint density at radius 1 is 1.03 bits per heavy atom. The van der Waals surface area contributed by atoms with E-state index in [4.69, 9.17) is 12.2 Å². The van der Waals surface area contributed by atoms with E-state index in [1.165, 1.54) is 33.8 Å². The van der Waals surface area contributed by atoms with Crippen molar-refractivity contribution in [3.63, 3.8) is 0 Å². The molecule has 0 radical (unpaired) electrons. The summed E-state index contributed by atoms with van der Waals surface area (Å²) in [7, 11) is 0.